The maximum Gasteiger partial charge on any atom is 0.326 e. The lowest BCUT2D eigenvalue weighted by atomic mass is 10.0. The summed E-state index contributed by atoms with van der Waals surface area (Å²) in [6, 6.07) is 16.3. The van der Waals surface area contributed by atoms with Gasteiger partial charge in [-0.25, -0.2) is 4.79 Å². The Bertz CT molecular complexity index is 727. The number of carbonyl (C=O) groups excluding carboxylic acids is 1. The number of hydrogen-bond acceptors (Lipinski definition) is 3. The maximum absolute atomic E-state index is 12.7. The van der Waals surface area contributed by atoms with E-state index in [1.54, 1.807) is 12.1 Å². The van der Waals surface area contributed by atoms with Crippen LogP contribution in [0.2, 0.25) is 0 Å². The van der Waals surface area contributed by atoms with Gasteiger partial charge in [-0.05, 0) is 23.3 Å². The number of amides is 1. The quantitative estimate of drug-likeness (QED) is 0.938. The predicted octanol–water partition coefficient (Wildman–Crippen LogP) is 2.67. The molecule has 2 atom stereocenters. The van der Waals surface area contributed by atoms with Crippen molar-refractivity contribution in [1.82, 2.24) is 4.90 Å². The predicted molar refractivity (Wildman–Crippen MR) is 89.8 cm³/mol. The van der Waals surface area contributed by atoms with Crippen LogP contribution in [0.1, 0.15) is 16.8 Å². The first-order valence-electron chi connectivity index (χ1n) is 7.82. The monoisotopic (exact) mass is 325 g/mol. The number of carboxylic acids is 1. The van der Waals surface area contributed by atoms with E-state index in [1.807, 2.05) is 42.5 Å². The molecule has 2 aromatic rings. The lowest BCUT2D eigenvalue weighted by Crippen LogP contribution is -2.40. The molecule has 1 amide bonds. The summed E-state index contributed by atoms with van der Waals surface area (Å²) in [4.78, 5) is 25.5. The van der Waals surface area contributed by atoms with Gasteiger partial charge in [0.1, 0.15) is 6.04 Å². The summed E-state index contributed by atoms with van der Waals surface area (Å²) >= 11 is 0. The number of aliphatic carboxylic acids is 1. The molecule has 2 unspecified atom stereocenters. The number of ether oxygens (including phenoxy) is 1. The molecule has 0 aromatic heterocycles. The summed E-state index contributed by atoms with van der Waals surface area (Å²) in [5.74, 6) is -1.27. The smallest absolute Gasteiger partial charge is 0.326 e. The Labute approximate surface area is 140 Å². The average molecular weight is 325 g/mol. The molecule has 1 aliphatic heterocycles. The Kier molecular flexibility index (Phi) is 4.62. The highest BCUT2D eigenvalue weighted by Gasteiger charge is 2.40. The molecule has 24 heavy (non-hydrogen) atoms. The van der Waals surface area contributed by atoms with E-state index in [4.69, 9.17) is 4.74 Å². The van der Waals surface area contributed by atoms with Gasteiger partial charge in [-0.1, -0.05) is 42.5 Å². The summed E-state index contributed by atoms with van der Waals surface area (Å²) in [7, 11) is 1.53. The minimum Gasteiger partial charge on any atom is -0.480 e. The van der Waals surface area contributed by atoms with Crippen molar-refractivity contribution in [1.29, 1.82) is 0 Å². The molecule has 124 valence electrons. The van der Waals surface area contributed by atoms with Gasteiger partial charge >= 0.3 is 5.97 Å². The van der Waals surface area contributed by atoms with E-state index in [0.717, 1.165) is 11.1 Å². The molecule has 1 heterocycles. The van der Waals surface area contributed by atoms with Gasteiger partial charge in [0.25, 0.3) is 5.91 Å². The minimum absolute atomic E-state index is 0.237. The molecule has 1 saturated heterocycles. The van der Waals surface area contributed by atoms with Crippen molar-refractivity contribution in [3.05, 3.63) is 60.2 Å². The zero-order valence-corrected chi connectivity index (χ0v) is 13.4. The fraction of sp³-hybridized carbons (Fsp3) is 0.263. The highest BCUT2D eigenvalue weighted by molar-refractivity contribution is 5.97. The number of carboxylic acid groups (broad SMARTS) is 1. The van der Waals surface area contributed by atoms with E-state index in [1.165, 1.54) is 12.0 Å². The van der Waals surface area contributed by atoms with Gasteiger partial charge in [-0.2, -0.15) is 0 Å². The second kappa shape index (κ2) is 6.84. The lowest BCUT2D eigenvalue weighted by molar-refractivity contribution is -0.141. The summed E-state index contributed by atoms with van der Waals surface area (Å²) in [6.07, 6.45) is 0.0818. The third kappa shape index (κ3) is 3.16. The van der Waals surface area contributed by atoms with Gasteiger partial charge in [0.05, 0.1) is 6.10 Å². The summed E-state index contributed by atoms with van der Waals surface area (Å²) < 4.78 is 5.23. The molecule has 0 spiro atoms. The molecule has 0 aliphatic carbocycles. The number of hydrogen-bond donors (Lipinski definition) is 1. The van der Waals surface area contributed by atoms with Crippen LogP contribution in [0.5, 0.6) is 0 Å². The lowest BCUT2D eigenvalue weighted by Gasteiger charge is -2.21. The fourth-order valence-corrected chi connectivity index (χ4v) is 3.03. The Morgan fingerprint density at radius 1 is 1.04 bits per heavy atom. The van der Waals surface area contributed by atoms with Crippen LogP contribution in [0.15, 0.2) is 54.6 Å². The standard InChI is InChI=1S/C19H19NO4/c1-24-16-11-17(19(22)23)20(12-16)18(21)15-9-7-14(8-10-15)13-5-3-2-4-6-13/h2-10,16-17H,11-12H2,1H3,(H,22,23). The van der Waals surface area contributed by atoms with Gasteiger partial charge in [0.2, 0.25) is 0 Å². The van der Waals surface area contributed by atoms with Crippen molar-refractivity contribution < 1.29 is 19.4 Å². The minimum atomic E-state index is -0.996. The van der Waals surface area contributed by atoms with Crippen LogP contribution < -0.4 is 0 Å². The number of methoxy groups -OCH3 is 1. The Morgan fingerprint density at radius 2 is 1.67 bits per heavy atom. The average Bonchev–Trinajstić information content (AvgIpc) is 3.07. The number of benzene rings is 2. The van der Waals surface area contributed by atoms with E-state index < -0.39 is 12.0 Å². The largest absolute Gasteiger partial charge is 0.480 e. The summed E-state index contributed by atoms with van der Waals surface area (Å²) in [5, 5.41) is 9.34. The van der Waals surface area contributed by atoms with Crippen LogP contribution in [0.25, 0.3) is 11.1 Å². The van der Waals surface area contributed by atoms with Gasteiger partial charge in [0, 0.05) is 25.6 Å². The van der Waals surface area contributed by atoms with Crippen LogP contribution in [-0.2, 0) is 9.53 Å². The van der Waals surface area contributed by atoms with Gasteiger partial charge in [-0.3, -0.25) is 4.79 Å². The van der Waals surface area contributed by atoms with E-state index in [2.05, 4.69) is 0 Å². The Balaban J connectivity index is 1.81. The molecule has 5 nitrogen and oxygen atoms in total. The molecule has 1 fully saturated rings. The van der Waals surface area contributed by atoms with Crippen molar-refractivity contribution in [2.24, 2.45) is 0 Å². The molecule has 3 rings (SSSR count). The first kappa shape index (κ1) is 16.2. The van der Waals surface area contributed by atoms with Crippen molar-refractivity contribution in [2.45, 2.75) is 18.6 Å². The summed E-state index contributed by atoms with van der Waals surface area (Å²) in [5.41, 5.74) is 2.57. The SMILES string of the molecule is COC1CC(C(=O)O)N(C(=O)c2ccc(-c3ccccc3)cc2)C1. The first-order valence-corrected chi connectivity index (χ1v) is 7.82. The van der Waals surface area contributed by atoms with Gasteiger partial charge < -0.3 is 14.7 Å². The van der Waals surface area contributed by atoms with E-state index in [0.29, 0.717) is 18.5 Å². The molecule has 0 saturated carbocycles. The second-order valence-corrected chi connectivity index (χ2v) is 5.85. The van der Waals surface area contributed by atoms with Crippen LogP contribution in [-0.4, -0.2) is 47.7 Å². The maximum atomic E-state index is 12.7. The number of nitrogens with zero attached hydrogens (tertiary/aromatic N) is 1. The zero-order valence-electron chi connectivity index (χ0n) is 13.4. The number of carbonyl (C=O) groups is 2. The zero-order chi connectivity index (χ0) is 17.1. The van der Waals surface area contributed by atoms with Crippen LogP contribution in [0.3, 0.4) is 0 Å². The molecule has 2 aromatic carbocycles. The number of rotatable bonds is 4. The highest BCUT2D eigenvalue weighted by Crippen LogP contribution is 2.24. The van der Waals surface area contributed by atoms with Crippen LogP contribution in [0, 0.1) is 0 Å². The summed E-state index contributed by atoms with van der Waals surface area (Å²) in [6.45, 7) is 0.298. The third-order valence-corrected chi connectivity index (χ3v) is 4.38. The molecular weight excluding hydrogens is 306 g/mol. The van der Waals surface area contributed by atoms with Crippen LogP contribution >= 0.6 is 0 Å². The third-order valence-electron chi connectivity index (χ3n) is 4.38. The normalized spacial score (nSPS) is 20.1. The molecule has 5 heteroatoms. The van der Waals surface area contributed by atoms with E-state index in [-0.39, 0.29) is 12.0 Å². The van der Waals surface area contributed by atoms with Gasteiger partial charge in [-0.15, -0.1) is 0 Å². The molecule has 1 N–H and O–H groups in total. The molecule has 0 bridgehead atoms. The van der Waals surface area contributed by atoms with Crippen molar-refractivity contribution in [3.8, 4) is 11.1 Å². The molecule has 0 radical (unpaired) electrons. The fourth-order valence-electron chi connectivity index (χ4n) is 3.03. The van der Waals surface area contributed by atoms with E-state index in [9.17, 15) is 14.7 Å². The van der Waals surface area contributed by atoms with Crippen molar-refractivity contribution in [2.75, 3.05) is 13.7 Å². The molecular formula is C19H19NO4. The van der Waals surface area contributed by atoms with Gasteiger partial charge in [0.15, 0.2) is 0 Å². The van der Waals surface area contributed by atoms with Crippen LogP contribution in [0.4, 0.5) is 0 Å². The number of likely N-dealkylation sites (tertiary alicyclic amines) is 1. The second-order valence-electron chi connectivity index (χ2n) is 5.85. The molecule has 1 aliphatic rings. The van der Waals surface area contributed by atoms with E-state index >= 15 is 0 Å². The Hall–Kier alpha value is -2.66. The topological polar surface area (TPSA) is 66.8 Å². The Morgan fingerprint density at radius 3 is 2.25 bits per heavy atom. The van der Waals surface area contributed by atoms with Crippen molar-refractivity contribution in [3.63, 3.8) is 0 Å². The highest BCUT2D eigenvalue weighted by atomic mass is 16.5. The van der Waals surface area contributed by atoms with Crippen molar-refractivity contribution >= 4 is 11.9 Å². The first-order chi connectivity index (χ1) is 11.6.